The fourth-order valence-corrected chi connectivity index (χ4v) is 2.22. The number of H-pyrrole nitrogens is 1. The van der Waals surface area contributed by atoms with Crippen LogP contribution in [0.15, 0.2) is 67.1 Å². The Bertz CT molecular complexity index is 581. The third kappa shape index (κ3) is 2.92. The van der Waals surface area contributed by atoms with Crippen LogP contribution in [0.4, 0.5) is 0 Å². The zero-order chi connectivity index (χ0) is 13.6. The molecule has 1 aromatic carbocycles. The zero-order valence-corrected chi connectivity index (χ0v) is 11.0. The van der Waals surface area contributed by atoms with Gasteiger partial charge in [0.15, 0.2) is 0 Å². The summed E-state index contributed by atoms with van der Waals surface area (Å²) in [6, 6.07) is 16.6. The summed E-state index contributed by atoms with van der Waals surface area (Å²) in [6.45, 7) is 0.738. The van der Waals surface area contributed by atoms with E-state index >= 15 is 0 Å². The van der Waals surface area contributed by atoms with Gasteiger partial charge in [0.05, 0.1) is 6.04 Å². The van der Waals surface area contributed by atoms with Crippen LogP contribution in [0, 0.1) is 0 Å². The molecular weight excluding hydrogens is 248 g/mol. The van der Waals surface area contributed by atoms with E-state index in [9.17, 15) is 0 Å². The first-order valence-corrected chi connectivity index (χ1v) is 6.60. The predicted octanol–water partition coefficient (Wildman–Crippen LogP) is 2.68. The molecule has 1 atom stereocenters. The summed E-state index contributed by atoms with van der Waals surface area (Å²) in [4.78, 5) is 4.09. The van der Waals surface area contributed by atoms with Crippen LogP contribution in [0.1, 0.15) is 22.9 Å². The number of rotatable bonds is 5. The predicted molar refractivity (Wildman–Crippen MR) is 77.9 cm³/mol. The molecule has 20 heavy (non-hydrogen) atoms. The van der Waals surface area contributed by atoms with Gasteiger partial charge in [0.25, 0.3) is 0 Å². The van der Waals surface area contributed by atoms with Gasteiger partial charge in [-0.15, -0.1) is 0 Å². The first-order chi connectivity index (χ1) is 9.93. The van der Waals surface area contributed by atoms with E-state index in [1.165, 1.54) is 11.1 Å². The Labute approximate surface area is 117 Å². The number of pyridine rings is 1. The highest BCUT2D eigenvalue weighted by Crippen LogP contribution is 2.21. The van der Waals surface area contributed by atoms with E-state index in [1.807, 2.05) is 36.7 Å². The highest BCUT2D eigenvalue weighted by atomic mass is 15.1. The first-order valence-electron chi connectivity index (χ1n) is 6.60. The lowest BCUT2D eigenvalue weighted by Gasteiger charge is -2.19. The minimum Gasteiger partial charge on any atom is -0.301 e. The molecule has 0 saturated carbocycles. The monoisotopic (exact) mass is 264 g/mol. The molecule has 3 aromatic rings. The van der Waals surface area contributed by atoms with Crippen molar-refractivity contribution in [3.63, 3.8) is 0 Å². The lowest BCUT2D eigenvalue weighted by Crippen LogP contribution is -2.22. The maximum absolute atomic E-state index is 4.09. The normalized spacial score (nSPS) is 12.2. The first kappa shape index (κ1) is 12.6. The summed E-state index contributed by atoms with van der Waals surface area (Å²) in [5.41, 5.74) is 3.50. The van der Waals surface area contributed by atoms with Gasteiger partial charge in [0.2, 0.25) is 0 Å². The second-order valence-corrected chi connectivity index (χ2v) is 4.59. The van der Waals surface area contributed by atoms with E-state index in [0.717, 1.165) is 12.2 Å². The van der Waals surface area contributed by atoms with Crippen LogP contribution in [-0.4, -0.2) is 15.2 Å². The molecule has 0 aliphatic rings. The molecule has 4 heteroatoms. The van der Waals surface area contributed by atoms with Crippen LogP contribution in [0.25, 0.3) is 0 Å². The van der Waals surface area contributed by atoms with Gasteiger partial charge in [-0.3, -0.25) is 10.1 Å². The molecule has 0 aliphatic carbocycles. The van der Waals surface area contributed by atoms with Crippen molar-refractivity contribution in [2.75, 3.05) is 0 Å². The van der Waals surface area contributed by atoms with Crippen molar-refractivity contribution in [1.29, 1.82) is 0 Å². The fourth-order valence-electron chi connectivity index (χ4n) is 2.22. The molecule has 100 valence electrons. The third-order valence-corrected chi connectivity index (χ3v) is 3.23. The van der Waals surface area contributed by atoms with E-state index in [4.69, 9.17) is 0 Å². The molecule has 1 unspecified atom stereocenters. The number of aromatic nitrogens is 3. The molecule has 0 bridgehead atoms. The molecule has 0 aliphatic heterocycles. The van der Waals surface area contributed by atoms with Gasteiger partial charge in [-0.1, -0.05) is 30.3 Å². The number of nitrogens with zero attached hydrogens (tertiary/aromatic N) is 2. The Hall–Kier alpha value is -2.46. The Kier molecular flexibility index (Phi) is 3.85. The van der Waals surface area contributed by atoms with Gasteiger partial charge >= 0.3 is 0 Å². The summed E-state index contributed by atoms with van der Waals surface area (Å²) in [6.07, 6.45) is 5.41. The molecule has 0 fully saturated rings. The van der Waals surface area contributed by atoms with Crippen molar-refractivity contribution in [3.8, 4) is 0 Å². The van der Waals surface area contributed by atoms with E-state index in [-0.39, 0.29) is 6.04 Å². The van der Waals surface area contributed by atoms with Crippen molar-refractivity contribution in [3.05, 3.63) is 83.9 Å². The number of aromatic amines is 1. The molecular formula is C16H16N4. The summed E-state index contributed by atoms with van der Waals surface area (Å²) >= 11 is 0. The standard InChI is InChI=1S/C16H16N4/c1-2-4-13(5-3-1)16(14-6-9-17-10-7-14)18-12-15-8-11-19-20-15/h1-11,16,18H,12H2,(H,19,20). The van der Waals surface area contributed by atoms with Gasteiger partial charge in [-0.2, -0.15) is 5.10 Å². The maximum Gasteiger partial charge on any atom is 0.0580 e. The second kappa shape index (κ2) is 6.12. The average molecular weight is 264 g/mol. The molecule has 0 radical (unpaired) electrons. The lowest BCUT2D eigenvalue weighted by atomic mass is 9.99. The Morgan fingerprint density at radius 3 is 2.35 bits per heavy atom. The van der Waals surface area contributed by atoms with Gasteiger partial charge in [0, 0.05) is 30.8 Å². The van der Waals surface area contributed by atoms with E-state index in [2.05, 4.69) is 44.8 Å². The van der Waals surface area contributed by atoms with Crippen molar-refractivity contribution in [2.45, 2.75) is 12.6 Å². The third-order valence-electron chi connectivity index (χ3n) is 3.23. The molecule has 2 N–H and O–H groups in total. The minimum absolute atomic E-state index is 0.141. The van der Waals surface area contributed by atoms with Crippen LogP contribution < -0.4 is 5.32 Å². The Morgan fingerprint density at radius 1 is 0.900 bits per heavy atom. The van der Waals surface area contributed by atoms with Crippen molar-refractivity contribution in [1.82, 2.24) is 20.5 Å². The fraction of sp³-hybridized carbons (Fsp3) is 0.125. The average Bonchev–Trinajstić information content (AvgIpc) is 3.03. The summed E-state index contributed by atoms with van der Waals surface area (Å²) < 4.78 is 0. The summed E-state index contributed by atoms with van der Waals surface area (Å²) in [7, 11) is 0. The van der Waals surface area contributed by atoms with Crippen molar-refractivity contribution < 1.29 is 0 Å². The van der Waals surface area contributed by atoms with Crippen LogP contribution in [-0.2, 0) is 6.54 Å². The van der Waals surface area contributed by atoms with Crippen LogP contribution in [0.5, 0.6) is 0 Å². The number of hydrogen-bond acceptors (Lipinski definition) is 3. The smallest absolute Gasteiger partial charge is 0.0580 e. The van der Waals surface area contributed by atoms with E-state index < -0.39 is 0 Å². The molecule has 0 amide bonds. The molecule has 3 rings (SSSR count). The molecule has 4 nitrogen and oxygen atoms in total. The molecule has 0 spiro atoms. The maximum atomic E-state index is 4.09. The summed E-state index contributed by atoms with van der Waals surface area (Å²) in [5, 5.41) is 10.5. The number of nitrogens with one attached hydrogen (secondary N) is 2. The lowest BCUT2D eigenvalue weighted by molar-refractivity contribution is 0.595. The van der Waals surface area contributed by atoms with Crippen molar-refractivity contribution in [2.24, 2.45) is 0 Å². The number of hydrogen-bond donors (Lipinski definition) is 2. The Morgan fingerprint density at radius 2 is 1.65 bits per heavy atom. The van der Waals surface area contributed by atoms with Crippen LogP contribution in [0.2, 0.25) is 0 Å². The quantitative estimate of drug-likeness (QED) is 0.745. The van der Waals surface area contributed by atoms with Gasteiger partial charge in [0.1, 0.15) is 0 Å². The SMILES string of the molecule is c1ccc(C(NCc2ccn[nH]2)c2ccncc2)cc1. The van der Waals surface area contributed by atoms with Crippen molar-refractivity contribution >= 4 is 0 Å². The number of benzene rings is 1. The van der Waals surface area contributed by atoms with E-state index in [0.29, 0.717) is 0 Å². The molecule has 2 aromatic heterocycles. The molecule has 0 saturated heterocycles. The van der Waals surface area contributed by atoms with Gasteiger partial charge in [-0.05, 0) is 29.3 Å². The summed E-state index contributed by atoms with van der Waals surface area (Å²) in [5.74, 6) is 0. The highest BCUT2D eigenvalue weighted by molar-refractivity contribution is 5.30. The van der Waals surface area contributed by atoms with E-state index in [1.54, 1.807) is 6.20 Å². The highest BCUT2D eigenvalue weighted by Gasteiger charge is 2.13. The zero-order valence-electron chi connectivity index (χ0n) is 11.0. The van der Waals surface area contributed by atoms with Crippen LogP contribution in [0.3, 0.4) is 0 Å². The Balaban J connectivity index is 1.84. The topological polar surface area (TPSA) is 53.6 Å². The molecule has 2 heterocycles. The largest absolute Gasteiger partial charge is 0.301 e. The second-order valence-electron chi connectivity index (χ2n) is 4.59. The van der Waals surface area contributed by atoms with Gasteiger partial charge in [-0.25, -0.2) is 0 Å². The minimum atomic E-state index is 0.141. The van der Waals surface area contributed by atoms with Gasteiger partial charge < -0.3 is 5.32 Å². The van der Waals surface area contributed by atoms with Crippen LogP contribution >= 0.6 is 0 Å².